The lowest BCUT2D eigenvalue weighted by molar-refractivity contribution is 0.436. The van der Waals surface area contributed by atoms with Crippen LogP contribution in [0.4, 0.5) is 0 Å². The monoisotopic (exact) mass is 1450 g/mol. The van der Waals surface area contributed by atoms with Gasteiger partial charge < -0.3 is 9.47 Å². The standard InChI is InChI=1S/C106H64N6O2/c1-4-27-66(28-5-1)76-57-58-84(79-36-13-12-35-78(76)79)104-110-100(68-31-8-3-9-32-68)109-103(112-104)83-40-15-11-34-75(83)71-56-60-97-93(64-71)106(90-47-23-25-50-95(90)114-97)88-45-21-18-41-85(88)98-77(42-26-48-91(98)106)69-53-51-65-52-54-72(62-73(65)61-69)101-107-99(67-29-6-2-7-30-67)108-102(111-101)82-39-14-10-33-74(82)70-55-59-96-92(63-70)105(89-46-22-24-49-94(89)113-96)86-43-19-16-37-80(86)81-38-17-20-44-87(81)105/h1-64H. The van der Waals surface area contributed by atoms with Gasteiger partial charge in [0.2, 0.25) is 0 Å². The molecule has 8 nitrogen and oxygen atoms in total. The lowest BCUT2D eigenvalue weighted by atomic mass is 9.65. The van der Waals surface area contributed by atoms with Gasteiger partial charge in [0.15, 0.2) is 34.9 Å². The van der Waals surface area contributed by atoms with Gasteiger partial charge in [0, 0.05) is 55.6 Å². The molecule has 19 aromatic rings. The number of hydrogen-bond donors (Lipinski definition) is 0. The number of fused-ring (bicyclic) bond motifs is 20. The summed E-state index contributed by atoms with van der Waals surface area (Å²) in [6.07, 6.45) is 0. The molecule has 17 aromatic carbocycles. The minimum atomic E-state index is -0.808. The van der Waals surface area contributed by atoms with Gasteiger partial charge in [0.1, 0.15) is 23.0 Å². The van der Waals surface area contributed by atoms with Crippen molar-refractivity contribution in [3.63, 3.8) is 0 Å². The summed E-state index contributed by atoms with van der Waals surface area (Å²) in [5.41, 5.74) is 26.3. The summed E-state index contributed by atoms with van der Waals surface area (Å²) < 4.78 is 14.0. The van der Waals surface area contributed by atoms with Crippen LogP contribution in [0.5, 0.6) is 23.0 Å². The maximum absolute atomic E-state index is 7.12. The number of ether oxygens (including phenoxy) is 2. The molecule has 4 heterocycles. The molecular formula is C106H64N6O2. The molecule has 1 atom stereocenters. The highest BCUT2D eigenvalue weighted by Crippen LogP contribution is 2.66. The Morgan fingerprint density at radius 2 is 0.509 bits per heavy atom. The second kappa shape index (κ2) is 25.8. The largest absolute Gasteiger partial charge is 0.457 e. The molecule has 8 heteroatoms. The fourth-order valence-electron chi connectivity index (χ4n) is 18.8. The predicted molar refractivity (Wildman–Crippen MR) is 457 cm³/mol. The number of aromatic nitrogens is 6. The van der Waals surface area contributed by atoms with E-state index in [1.165, 1.54) is 38.9 Å². The van der Waals surface area contributed by atoms with Crippen LogP contribution < -0.4 is 9.47 Å². The van der Waals surface area contributed by atoms with Crippen molar-refractivity contribution in [2.24, 2.45) is 0 Å². The van der Waals surface area contributed by atoms with Crippen molar-refractivity contribution < 1.29 is 9.47 Å². The number of benzene rings is 17. The van der Waals surface area contributed by atoms with Crippen molar-refractivity contribution >= 4 is 21.5 Å². The fraction of sp³-hybridized carbons (Fsp3) is 0.0189. The third kappa shape index (κ3) is 9.90. The number of hydrogen-bond acceptors (Lipinski definition) is 8. The quantitative estimate of drug-likeness (QED) is 0.134. The molecule has 1 unspecified atom stereocenters. The van der Waals surface area contributed by atoms with Crippen molar-refractivity contribution in [1.29, 1.82) is 0 Å². The summed E-state index contributed by atoms with van der Waals surface area (Å²) in [6, 6.07) is 138. The summed E-state index contributed by atoms with van der Waals surface area (Å²) >= 11 is 0. The average Bonchev–Trinajstić information content (AvgIpc) is 1.51. The molecule has 0 saturated heterocycles. The molecule has 530 valence electrons. The van der Waals surface area contributed by atoms with E-state index in [-0.39, 0.29) is 0 Å². The molecule has 23 rings (SSSR count). The summed E-state index contributed by atoms with van der Waals surface area (Å²) in [5.74, 6) is 6.76. The Hall–Kier alpha value is -15.1. The van der Waals surface area contributed by atoms with Crippen LogP contribution in [0.15, 0.2) is 388 Å². The zero-order valence-electron chi connectivity index (χ0n) is 61.5. The summed E-state index contributed by atoms with van der Waals surface area (Å²) in [4.78, 5) is 32.4. The Balaban J connectivity index is 0.646. The highest BCUT2D eigenvalue weighted by atomic mass is 16.5. The van der Waals surface area contributed by atoms with Crippen LogP contribution in [0.25, 0.3) is 157 Å². The predicted octanol–water partition coefficient (Wildman–Crippen LogP) is 26.0. The minimum absolute atomic E-state index is 0.568. The Labute approximate surface area is 658 Å². The molecular weight excluding hydrogens is 1390 g/mol. The highest BCUT2D eigenvalue weighted by molar-refractivity contribution is 6.05. The molecule has 0 bridgehead atoms. The Bertz CT molecular complexity index is 7160. The van der Waals surface area contributed by atoms with Crippen LogP contribution >= 0.6 is 0 Å². The molecule has 0 amide bonds. The normalized spacial score (nSPS) is 14.0. The van der Waals surface area contributed by atoms with Gasteiger partial charge in [-0.15, -0.1) is 0 Å². The van der Waals surface area contributed by atoms with Crippen molar-refractivity contribution in [3.8, 4) is 158 Å². The van der Waals surface area contributed by atoms with E-state index >= 15 is 0 Å². The second-order valence-corrected chi connectivity index (χ2v) is 29.8. The van der Waals surface area contributed by atoms with E-state index < -0.39 is 10.8 Å². The first kappa shape index (κ1) is 64.8. The lowest BCUT2D eigenvalue weighted by Crippen LogP contribution is -2.32. The molecule has 0 saturated carbocycles. The van der Waals surface area contributed by atoms with E-state index in [9.17, 15) is 0 Å². The van der Waals surface area contributed by atoms with Gasteiger partial charge in [-0.1, -0.05) is 334 Å². The van der Waals surface area contributed by atoms with Crippen LogP contribution in [0.2, 0.25) is 0 Å². The number of nitrogens with zero attached hydrogens (tertiary/aromatic N) is 6. The van der Waals surface area contributed by atoms with E-state index in [1.807, 2.05) is 36.4 Å². The number of para-hydroxylation sites is 2. The minimum Gasteiger partial charge on any atom is -0.457 e. The first-order chi connectivity index (χ1) is 56.5. The molecule has 4 aliphatic rings. The summed E-state index contributed by atoms with van der Waals surface area (Å²) in [6.45, 7) is 0. The van der Waals surface area contributed by atoms with E-state index in [2.05, 4.69) is 352 Å². The van der Waals surface area contributed by atoms with Crippen LogP contribution in [0.3, 0.4) is 0 Å². The number of rotatable bonds is 10. The van der Waals surface area contributed by atoms with E-state index in [1.54, 1.807) is 0 Å². The van der Waals surface area contributed by atoms with Gasteiger partial charge in [-0.2, -0.15) is 0 Å². The van der Waals surface area contributed by atoms with Gasteiger partial charge >= 0.3 is 0 Å². The second-order valence-electron chi connectivity index (χ2n) is 29.8. The maximum atomic E-state index is 7.12. The molecule has 0 fully saturated rings. The smallest absolute Gasteiger partial charge is 0.164 e. The topological polar surface area (TPSA) is 95.8 Å². The van der Waals surface area contributed by atoms with E-state index in [0.29, 0.717) is 34.9 Å². The van der Waals surface area contributed by atoms with Crippen LogP contribution in [0, 0.1) is 0 Å². The van der Waals surface area contributed by atoms with Crippen LogP contribution in [-0.4, -0.2) is 29.9 Å². The third-order valence-corrected chi connectivity index (χ3v) is 23.8. The third-order valence-electron chi connectivity index (χ3n) is 23.8. The Morgan fingerprint density at radius 3 is 1.06 bits per heavy atom. The maximum Gasteiger partial charge on any atom is 0.164 e. The van der Waals surface area contributed by atoms with E-state index in [0.717, 1.165) is 150 Å². The van der Waals surface area contributed by atoms with Gasteiger partial charge in [-0.3, -0.25) is 0 Å². The fourth-order valence-corrected chi connectivity index (χ4v) is 18.8. The Kier molecular flexibility index (Phi) is 14.6. The Morgan fingerprint density at radius 1 is 0.167 bits per heavy atom. The first-order valence-corrected chi connectivity index (χ1v) is 38.7. The van der Waals surface area contributed by atoms with Crippen molar-refractivity contribution in [3.05, 3.63) is 433 Å². The SMILES string of the molecule is c1ccc(-c2nc(-c3ccc4ccc(-c5cccc6c5-c5ccccc5C65c6ccccc6Oc6ccc(-c7ccccc7-c7nc(-c8ccccc8)nc(-c8ccc(-c9ccccc9)c9ccccc89)n7)cc65)cc4c3)nc(-c3ccccc3-c3ccc4c(c3)C3(c5ccccc5O4)c4ccccc4-c4ccccc43)n2)cc1. The van der Waals surface area contributed by atoms with Gasteiger partial charge in [-0.05, 0) is 165 Å². The van der Waals surface area contributed by atoms with Gasteiger partial charge in [0.05, 0.1) is 10.8 Å². The molecule has 2 spiro atoms. The van der Waals surface area contributed by atoms with Crippen molar-refractivity contribution in [2.75, 3.05) is 0 Å². The highest BCUT2D eigenvalue weighted by Gasteiger charge is 2.53. The molecule has 0 N–H and O–H groups in total. The zero-order chi connectivity index (χ0) is 75.0. The van der Waals surface area contributed by atoms with Crippen LogP contribution in [0.1, 0.15) is 44.5 Å². The molecule has 0 radical (unpaired) electrons. The van der Waals surface area contributed by atoms with Gasteiger partial charge in [0.25, 0.3) is 0 Å². The molecule has 2 aliphatic carbocycles. The molecule has 2 aromatic heterocycles. The lowest BCUT2D eigenvalue weighted by Gasteiger charge is -2.39. The van der Waals surface area contributed by atoms with Gasteiger partial charge in [-0.25, -0.2) is 29.9 Å². The molecule has 2 aliphatic heterocycles. The van der Waals surface area contributed by atoms with Crippen molar-refractivity contribution in [1.82, 2.24) is 29.9 Å². The summed E-state index contributed by atoms with van der Waals surface area (Å²) in [5, 5.41) is 4.32. The van der Waals surface area contributed by atoms with Crippen molar-refractivity contribution in [2.45, 2.75) is 10.8 Å². The van der Waals surface area contributed by atoms with Crippen LogP contribution in [-0.2, 0) is 10.8 Å². The zero-order valence-corrected chi connectivity index (χ0v) is 61.5. The first-order valence-electron chi connectivity index (χ1n) is 38.7. The summed E-state index contributed by atoms with van der Waals surface area (Å²) in [7, 11) is 0. The van der Waals surface area contributed by atoms with E-state index in [4.69, 9.17) is 39.4 Å². The average molecular weight is 1450 g/mol. The molecule has 114 heavy (non-hydrogen) atoms.